The molecular weight excluding hydrogens is 272 g/mol. The van der Waals surface area contributed by atoms with Crippen molar-refractivity contribution in [1.82, 2.24) is 20.1 Å². The van der Waals surface area contributed by atoms with Crippen molar-refractivity contribution >= 4 is 11.9 Å². The Balaban J connectivity index is 1.68. The summed E-state index contributed by atoms with van der Waals surface area (Å²) < 4.78 is 1.84. The molecular formula is C14H18N4O3. The predicted octanol–water partition coefficient (Wildman–Crippen LogP) is 0.437. The minimum absolute atomic E-state index is 0.0115. The van der Waals surface area contributed by atoms with Gasteiger partial charge in [-0.25, -0.2) is 0 Å². The summed E-state index contributed by atoms with van der Waals surface area (Å²) in [6.45, 7) is 2.97. The molecule has 3 rings (SSSR count). The average molecular weight is 290 g/mol. The number of nitrogens with zero attached hydrogens (tertiary/aromatic N) is 3. The summed E-state index contributed by atoms with van der Waals surface area (Å²) in [5.74, 6) is -1.47. The van der Waals surface area contributed by atoms with E-state index in [4.69, 9.17) is 0 Å². The van der Waals surface area contributed by atoms with Gasteiger partial charge in [0.15, 0.2) is 5.82 Å². The monoisotopic (exact) mass is 290 g/mol. The fourth-order valence-electron chi connectivity index (χ4n) is 3.48. The molecule has 1 aromatic rings. The number of carbonyl (C=O) groups is 2. The molecule has 0 spiro atoms. The first-order valence-electron chi connectivity index (χ1n) is 7.17. The van der Waals surface area contributed by atoms with Gasteiger partial charge in [0, 0.05) is 6.54 Å². The number of aryl methyl sites for hydroxylation is 1. The van der Waals surface area contributed by atoms with Gasteiger partial charge in [0.05, 0.1) is 18.4 Å². The minimum Gasteiger partial charge on any atom is -0.481 e. The molecule has 1 aromatic heterocycles. The number of rotatable bonds is 5. The molecule has 4 unspecified atom stereocenters. The highest BCUT2D eigenvalue weighted by atomic mass is 16.4. The van der Waals surface area contributed by atoms with E-state index in [-0.39, 0.29) is 24.3 Å². The van der Waals surface area contributed by atoms with Crippen LogP contribution in [-0.2, 0) is 22.7 Å². The Bertz CT molecular complexity index is 595. The van der Waals surface area contributed by atoms with Crippen LogP contribution in [0.5, 0.6) is 0 Å². The van der Waals surface area contributed by atoms with Gasteiger partial charge in [-0.05, 0) is 25.2 Å². The van der Waals surface area contributed by atoms with E-state index in [2.05, 4.69) is 15.5 Å². The number of fused-ring (bicyclic) bond motifs is 2. The highest BCUT2D eigenvalue weighted by Gasteiger charge is 2.51. The first kappa shape index (κ1) is 13.8. The number of nitrogens with one attached hydrogen (secondary N) is 1. The van der Waals surface area contributed by atoms with Crippen molar-refractivity contribution in [1.29, 1.82) is 0 Å². The zero-order valence-electron chi connectivity index (χ0n) is 11.8. The van der Waals surface area contributed by atoms with Gasteiger partial charge in [-0.15, -0.1) is 10.2 Å². The van der Waals surface area contributed by atoms with E-state index in [1.54, 1.807) is 6.33 Å². The van der Waals surface area contributed by atoms with Crippen molar-refractivity contribution in [3.05, 3.63) is 24.3 Å². The van der Waals surface area contributed by atoms with Crippen LogP contribution in [0.4, 0.5) is 0 Å². The summed E-state index contributed by atoms with van der Waals surface area (Å²) in [4.78, 5) is 23.8. The molecule has 2 aliphatic carbocycles. The molecule has 112 valence electrons. The zero-order chi connectivity index (χ0) is 15.0. The molecule has 2 N–H and O–H groups in total. The molecule has 21 heavy (non-hydrogen) atoms. The number of allylic oxidation sites excluding steroid dienone is 2. The lowest BCUT2D eigenvalue weighted by atomic mass is 9.82. The van der Waals surface area contributed by atoms with Crippen LogP contribution < -0.4 is 5.32 Å². The number of carboxylic acids is 1. The third-order valence-corrected chi connectivity index (χ3v) is 4.50. The highest BCUT2D eigenvalue weighted by Crippen LogP contribution is 2.48. The number of hydrogen-bond acceptors (Lipinski definition) is 4. The third-order valence-electron chi connectivity index (χ3n) is 4.50. The van der Waals surface area contributed by atoms with E-state index in [0.29, 0.717) is 5.82 Å². The quantitative estimate of drug-likeness (QED) is 0.767. The molecule has 0 radical (unpaired) electrons. The Hall–Kier alpha value is -2.18. The number of hydrogen-bond donors (Lipinski definition) is 2. The Morgan fingerprint density at radius 2 is 2.10 bits per heavy atom. The Labute approximate surface area is 122 Å². The minimum atomic E-state index is -0.885. The number of carboxylic acid groups (broad SMARTS) is 1. The average Bonchev–Trinajstić information content (AvgIpc) is 3.18. The Kier molecular flexibility index (Phi) is 3.48. The third kappa shape index (κ3) is 2.32. The van der Waals surface area contributed by atoms with Gasteiger partial charge in [-0.1, -0.05) is 12.2 Å². The number of amides is 1. The van der Waals surface area contributed by atoms with Crippen molar-refractivity contribution in [3.8, 4) is 0 Å². The molecule has 1 fully saturated rings. The summed E-state index contributed by atoms with van der Waals surface area (Å²) in [6, 6.07) is 0. The van der Waals surface area contributed by atoms with E-state index >= 15 is 0 Å². The van der Waals surface area contributed by atoms with Gasteiger partial charge in [0.2, 0.25) is 5.91 Å². The maximum Gasteiger partial charge on any atom is 0.307 e. The van der Waals surface area contributed by atoms with Gasteiger partial charge in [0.1, 0.15) is 6.33 Å². The van der Waals surface area contributed by atoms with Crippen LogP contribution in [0.1, 0.15) is 19.2 Å². The van der Waals surface area contributed by atoms with Gasteiger partial charge in [0.25, 0.3) is 0 Å². The largest absolute Gasteiger partial charge is 0.481 e. The smallest absolute Gasteiger partial charge is 0.307 e. The summed E-state index contributed by atoms with van der Waals surface area (Å²) in [5.41, 5.74) is 0. The van der Waals surface area contributed by atoms with Crippen molar-refractivity contribution in [2.45, 2.75) is 26.4 Å². The SMILES string of the molecule is CCn1cnnc1CNC(=O)C1C2C=CC(C2)C1C(=O)O. The fourth-order valence-corrected chi connectivity index (χ4v) is 3.48. The summed E-state index contributed by atoms with van der Waals surface area (Å²) in [5, 5.41) is 19.9. The molecule has 4 atom stereocenters. The van der Waals surface area contributed by atoms with Crippen molar-refractivity contribution in [2.75, 3.05) is 0 Å². The first-order valence-corrected chi connectivity index (χ1v) is 7.17. The maximum atomic E-state index is 12.4. The maximum absolute atomic E-state index is 12.4. The molecule has 2 aliphatic rings. The van der Waals surface area contributed by atoms with Crippen LogP contribution in [0.15, 0.2) is 18.5 Å². The van der Waals surface area contributed by atoms with E-state index in [0.717, 1.165) is 13.0 Å². The molecule has 0 saturated heterocycles. The molecule has 0 aliphatic heterocycles. The second-order valence-corrected chi connectivity index (χ2v) is 5.59. The standard InChI is InChI=1S/C14H18N4O3/c1-2-18-7-16-17-10(18)6-15-13(19)11-8-3-4-9(5-8)12(11)14(20)21/h3-4,7-9,11-12H,2,5-6H2,1H3,(H,15,19)(H,20,21). The lowest BCUT2D eigenvalue weighted by molar-refractivity contribution is -0.147. The van der Waals surface area contributed by atoms with Crippen molar-refractivity contribution < 1.29 is 14.7 Å². The molecule has 0 aromatic carbocycles. The van der Waals surface area contributed by atoms with Gasteiger partial charge < -0.3 is 15.0 Å². The second kappa shape index (κ2) is 5.31. The zero-order valence-corrected chi connectivity index (χ0v) is 11.8. The second-order valence-electron chi connectivity index (χ2n) is 5.59. The molecule has 1 amide bonds. The molecule has 1 saturated carbocycles. The topological polar surface area (TPSA) is 97.1 Å². The van der Waals surface area contributed by atoms with Crippen LogP contribution in [0.2, 0.25) is 0 Å². The summed E-state index contributed by atoms with van der Waals surface area (Å²) >= 11 is 0. The molecule has 7 nitrogen and oxygen atoms in total. The summed E-state index contributed by atoms with van der Waals surface area (Å²) in [7, 11) is 0. The molecule has 2 bridgehead atoms. The highest BCUT2D eigenvalue weighted by molar-refractivity contribution is 5.86. The van der Waals surface area contributed by atoms with E-state index in [9.17, 15) is 14.7 Å². The van der Waals surface area contributed by atoms with E-state index in [1.807, 2.05) is 23.6 Å². The lowest BCUT2D eigenvalue weighted by Gasteiger charge is -2.23. The van der Waals surface area contributed by atoms with E-state index in [1.165, 1.54) is 0 Å². The molecule has 7 heteroatoms. The van der Waals surface area contributed by atoms with Crippen LogP contribution in [0, 0.1) is 23.7 Å². The lowest BCUT2D eigenvalue weighted by Crippen LogP contribution is -2.40. The van der Waals surface area contributed by atoms with E-state index < -0.39 is 17.8 Å². The van der Waals surface area contributed by atoms with Crippen LogP contribution in [0.3, 0.4) is 0 Å². The number of carbonyl (C=O) groups excluding carboxylic acids is 1. The Morgan fingerprint density at radius 3 is 2.76 bits per heavy atom. The van der Waals surface area contributed by atoms with Gasteiger partial charge in [-0.3, -0.25) is 9.59 Å². The predicted molar refractivity (Wildman–Crippen MR) is 72.9 cm³/mol. The summed E-state index contributed by atoms with van der Waals surface area (Å²) in [6.07, 6.45) is 6.28. The van der Waals surface area contributed by atoms with Gasteiger partial charge in [-0.2, -0.15) is 0 Å². The first-order chi connectivity index (χ1) is 10.1. The number of aromatic nitrogens is 3. The van der Waals surface area contributed by atoms with Crippen molar-refractivity contribution in [2.24, 2.45) is 23.7 Å². The van der Waals surface area contributed by atoms with Crippen LogP contribution in [-0.4, -0.2) is 31.7 Å². The van der Waals surface area contributed by atoms with Gasteiger partial charge >= 0.3 is 5.97 Å². The number of aliphatic carboxylic acids is 1. The van der Waals surface area contributed by atoms with Crippen LogP contribution >= 0.6 is 0 Å². The normalized spacial score (nSPS) is 29.8. The molecule has 1 heterocycles. The van der Waals surface area contributed by atoms with Crippen LogP contribution in [0.25, 0.3) is 0 Å². The fraction of sp³-hybridized carbons (Fsp3) is 0.571. The Morgan fingerprint density at radius 1 is 1.38 bits per heavy atom. The van der Waals surface area contributed by atoms with Crippen molar-refractivity contribution in [3.63, 3.8) is 0 Å².